The van der Waals surface area contributed by atoms with Gasteiger partial charge in [-0.25, -0.2) is 15.0 Å². The van der Waals surface area contributed by atoms with Crippen LogP contribution in [0.4, 0.5) is 5.82 Å². The molecule has 4 aromatic rings. The lowest BCUT2D eigenvalue weighted by atomic mass is 10.2. The lowest BCUT2D eigenvalue weighted by molar-refractivity contribution is 0.102. The van der Waals surface area contributed by atoms with Crippen LogP contribution < -0.4 is 5.32 Å². The highest BCUT2D eigenvalue weighted by molar-refractivity contribution is 6.07. The first-order valence-electron chi connectivity index (χ1n) is 7.28. The molecule has 0 radical (unpaired) electrons. The van der Waals surface area contributed by atoms with Gasteiger partial charge in [-0.05, 0) is 30.3 Å². The number of imidazole rings is 1. The molecule has 0 aliphatic rings. The molecule has 4 aromatic heterocycles. The van der Waals surface area contributed by atoms with Crippen LogP contribution >= 0.6 is 0 Å². The Morgan fingerprint density at radius 1 is 1.00 bits per heavy atom. The zero-order chi connectivity index (χ0) is 16.4. The highest BCUT2D eigenvalue weighted by Gasteiger charge is 2.18. The normalized spacial score (nSPS) is 10.7. The quantitative estimate of drug-likeness (QED) is 0.627. The Labute approximate surface area is 137 Å². The van der Waals surface area contributed by atoms with Crippen LogP contribution in [0.25, 0.3) is 16.9 Å². The molecule has 0 aliphatic carbocycles. The summed E-state index contributed by atoms with van der Waals surface area (Å²) in [5, 5.41) is 2.74. The third-order valence-electron chi connectivity index (χ3n) is 3.53. The molecular formula is C17H12N6O. The fourth-order valence-corrected chi connectivity index (χ4v) is 2.45. The summed E-state index contributed by atoms with van der Waals surface area (Å²) in [6, 6.07) is 11.0. The van der Waals surface area contributed by atoms with Crippen molar-refractivity contribution in [3.8, 4) is 11.4 Å². The molecule has 4 rings (SSSR count). The molecular weight excluding hydrogens is 304 g/mol. The van der Waals surface area contributed by atoms with Gasteiger partial charge in [0, 0.05) is 30.4 Å². The van der Waals surface area contributed by atoms with Gasteiger partial charge in [0.15, 0.2) is 5.69 Å². The van der Waals surface area contributed by atoms with Crippen LogP contribution in [0.5, 0.6) is 0 Å². The summed E-state index contributed by atoms with van der Waals surface area (Å²) in [7, 11) is 0. The van der Waals surface area contributed by atoms with Gasteiger partial charge in [-0.1, -0.05) is 6.07 Å². The number of carbonyl (C=O) groups excluding carboxylic acids is 1. The summed E-state index contributed by atoms with van der Waals surface area (Å²) in [6.07, 6.45) is 8.21. The van der Waals surface area contributed by atoms with Crippen LogP contribution in [0, 0.1) is 0 Å². The van der Waals surface area contributed by atoms with E-state index in [2.05, 4.69) is 25.3 Å². The van der Waals surface area contributed by atoms with Gasteiger partial charge < -0.3 is 5.32 Å². The predicted molar refractivity (Wildman–Crippen MR) is 88.4 cm³/mol. The minimum Gasteiger partial charge on any atom is -0.305 e. The van der Waals surface area contributed by atoms with E-state index in [0.29, 0.717) is 17.3 Å². The van der Waals surface area contributed by atoms with Crippen molar-refractivity contribution in [3.63, 3.8) is 0 Å². The van der Waals surface area contributed by atoms with E-state index in [0.717, 1.165) is 11.1 Å². The van der Waals surface area contributed by atoms with Crippen molar-refractivity contribution >= 4 is 17.2 Å². The lowest BCUT2D eigenvalue weighted by Gasteiger charge is -2.01. The molecule has 1 N–H and O–H groups in total. The van der Waals surface area contributed by atoms with Gasteiger partial charge in [-0.15, -0.1) is 0 Å². The van der Waals surface area contributed by atoms with E-state index in [-0.39, 0.29) is 5.91 Å². The van der Waals surface area contributed by atoms with Crippen LogP contribution in [0.15, 0.2) is 67.5 Å². The van der Waals surface area contributed by atoms with Gasteiger partial charge in [-0.3, -0.25) is 14.2 Å². The summed E-state index contributed by atoms with van der Waals surface area (Å²) >= 11 is 0. The molecule has 4 heterocycles. The number of hydrogen-bond donors (Lipinski definition) is 1. The number of aromatic nitrogens is 5. The summed E-state index contributed by atoms with van der Waals surface area (Å²) < 4.78 is 1.88. The van der Waals surface area contributed by atoms with Crippen molar-refractivity contribution in [3.05, 3.63) is 73.2 Å². The zero-order valence-electron chi connectivity index (χ0n) is 12.5. The first kappa shape index (κ1) is 14.0. The monoisotopic (exact) mass is 316 g/mol. The fourth-order valence-electron chi connectivity index (χ4n) is 2.45. The second-order valence-electron chi connectivity index (χ2n) is 5.02. The number of fused-ring (bicyclic) bond motifs is 1. The fraction of sp³-hybridized carbons (Fsp3) is 0. The van der Waals surface area contributed by atoms with Gasteiger partial charge in [0.25, 0.3) is 5.91 Å². The van der Waals surface area contributed by atoms with Gasteiger partial charge in [0.2, 0.25) is 0 Å². The molecule has 0 unspecified atom stereocenters. The Balaban J connectivity index is 1.80. The van der Waals surface area contributed by atoms with E-state index >= 15 is 0 Å². The Bertz CT molecular complexity index is 997. The van der Waals surface area contributed by atoms with Crippen molar-refractivity contribution in [2.75, 3.05) is 5.32 Å². The summed E-state index contributed by atoms with van der Waals surface area (Å²) in [5.41, 5.74) is 1.93. The van der Waals surface area contributed by atoms with E-state index in [4.69, 9.17) is 0 Å². The molecule has 116 valence electrons. The predicted octanol–water partition coefficient (Wildman–Crippen LogP) is 2.44. The molecule has 0 saturated heterocycles. The standard InChI is InChI=1S/C17H12N6O/c24-17(21-14-6-9-19-11-20-14)15-13-3-1-2-10-23(13)16(22-15)12-4-7-18-8-5-12/h1-11H,(H,19,20,21,24). The molecule has 1 amide bonds. The number of pyridine rings is 2. The van der Waals surface area contributed by atoms with Crippen molar-refractivity contribution in [1.29, 1.82) is 0 Å². The van der Waals surface area contributed by atoms with Crippen LogP contribution in [-0.2, 0) is 0 Å². The summed E-state index contributed by atoms with van der Waals surface area (Å²) in [5.74, 6) is 0.788. The summed E-state index contributed by atoms with van der Waals surface area (Å²) in [4.78, 5) is 29.0. The Morgan fingerprint density at radius 3 is 2.62 bits per heavy atom. The smallest absolute Gasteiger partial charge is 0.277 e. The van der Waals surface area contributed by atoms with Crippen molar-refractivity contribution in [2.24, 2.45) is 0 Å². The Hall–Kier alpha value is -3.61. The molecule has 24 heavy (non-hydrogen) atoms. The molecule has 0 fully saturated rings. The van der Waals surface area contributed by atoms with E-state index in [1.807, 2.05) is 40.9 Å². The zero-order valence-corrected chi connectivity index (χ0v) is 12.5. The highest BCUT2D eigenvalue weighted by atomic mass is 16.2. The number of rotatable bonds is 3. The van der Waals surface area contributed by atoms with E-state index in [1.165, 1.54) is 6.33 Å². The molecule has 0 saturated carbocycles. The summed E-state index contributed by atoms with van der Waals surface area (Å²) in [6.45, 7) is 0. The van der Waals surface area contributed by atoms with E-state index in [1.54, 1.807) is 24.7 Å². The second kappa shape index (κ2) is 5.88. The van der Waals surface area contributed by atoms with Crippen LogP contribution in [0.1, 0.15) is 10.5 Å². The van der Waals surface area contributed by atoms with Crippen molar-refractivity contribution in [1.82, 2.24) is 24.3 Å². The number of amides is 1. The SMILES string of the molecule is O=C(Nc1ccncn1)c1nc(-c2ccncc2)n2ccccc12. The molecule has 0 atom stereocenters. The van der Waals surface area contributed by atoms with Crippen LogP contribution in [-0.4, -0.2) is 30.2 Å². The third kappa shape index (κ3) is 2.48. The number of hydrogen-bond acceptors (Lipinski definition) is 5. The van der Waals surface area contributed by atoms with Crippen molar-refractivity contribution in [2.45, 2.75) is 0 Å². The minimum atomic E-state index is -0.322. The number of nitrogens with zero attached hydrogens (tertiary/aromatic N) is 5. The van der Waals surface area contributed by atoms with Gasteiger partial charge >= 0.3 is 0 Å². The topological polar surface area (TPSA) is 85.1 Å². The van der Waals surface area contributed by atoms with Gasteiger partial charge in [0.05, 0.1) is 5.52 Å². The number of carbonyl (C=O) groups is 1. The first-order valence-corrected chi connectivity index (χ1v) is 7.28. The highest BCUT2D eigenvalue weighted by Crippen LogP contribution is 2.22. The van der Waals surface area contributed by atoms with Crippen LogP contribution in [0.3, 0.4) is 0 Å². The molecule has 0 aliphatic heterocycles. The van der Waals surface area contributed by atoms with Gasteiger partial charge in [-0.2, -0.15) is 0 Å². The van der Waals surface area contributed by atoms with E-state index in [9.17, 15) is 4.79 Å². The minimum absolute atomic E-state index is 0.322. The second-order valence-corrected chi connectivity index (χ2v) is 5.02. The van der Waals surface area contributed by atoms with Gasteiger partial charge in [0.1, 0.15) is 18.0 Å². The number of anilines is 1. The van der Waals surface area contributed by atoms with Crippen molar-refractivity contribution < 1.29 is 4.79 Å². The molecule has 7 nitrogen and oxygen atoms in total. The molecule has 0 aromatic carbocycles. The maximum absolute atomic E-state index is 12.6. The largest absolute Gasteiger partial charge is 0.305 e. The Kier molecular flexibility index (Phi) is 3.43. The first-order chi connectivity index (χ1) is 11.8. The molecule has 0 bridgehead atoms. The third-order valence-corrected chi connectivity index (χ3v) is 3.53. The van der Waals surface area contributed by atoms with Crippen LogP contribution in [0.2, 0.25) is 0 Å². The number of nitrogens with one attached hydrogen (secondary N) is 1. The molecule has 7 heteroatoms. The lowest BCUT2D eigenvalue weighted by Crippen LogP contribution is -2.13. The maximum atomic E-state index is 12.6. The average molecular weight is 316 g/mol. The maximum Gasteiger partial charge on any atom is 0.277 e. The molecule has 0 spiro atoms. The van der Waals surface area contributed by atoms with E-state index < -0.39 is 0 Å². The Morgan fingerprint density at radius 2 is 1.83 bits per heavy atom. The average Bonchev–Trinajstić information content (AvgIpc) is 3.03.